The van der Waals surface area contributed by atoms with Crippen molar-refractivity contribution < 1.29 is 34.5 Å². The molecule has 11 heteroatoms. The Morgan fingerprint density at radius 3 is 2.00 bits per heavy atom. The van der Waals surface area contributed by atoms with Crippen LogP contribution in [-0.2, 0) is 9.59 Å². The van der Waals surface area contributed by atoms with E-state index in [9.17, 15) is 24.3 Å². The molecule has 0 aliphatic carbocycles. The number of carbonyl (C=O) groups excluding carboxylic acids is 2. The standard InChI is InChI=1S/C27H32N4O7/c1-3-4-17(2)30-25(35)18-5-9-20(10-6-18)28-15-22(32)16-29-21-11-7-19(8-12-21)26(36)31-23(27(37)38)13-14-24(33)34/h5-12,15-17,23,28,32H,3-4,13-14H2,1-2H3,(H,30,35)(H,31,36)(H,33,34)(H,37,38)/t17-,23-/m0/s1. The minimum absolute atomic E-state index is 0.0950. The maximum atomic E-state index is 12.3. The number of benzene rings is 2. The number of aliphatic hydroxyl groups is 1. The van der Waals surface area contributed by atoms with E-state index in [-0.39, 0.29) is 29.7 Å². The molecule has 2 aromatic rings. The van der Waals surface area contributed by atoms with Crippen LogP contribution in [0.1, 0.15) is 60.2 Å². The smallest absolute Gasteiger partial charge is 0.326 e. The summed E-state index contributed by atoms with van der Waals surface area (Å²) in [6.07, 6.45) is 3.78. The van der Waals surface area contributed by atoms with E-state index in [1.54, 1.807) is 24.3 Å². The Balaban J connectivity index is 1.91. The molecule has 202 valence electrons. The molecular weight excluding hydrogens is 492 g/mol. The minimum Gasteiger partial charge on any atom is -0.505 e. The zero-order valence-electron chi connectivity index (χ0n) is 21.2. The molecule has 2 amide bonds. The third-order valence-corrected chi connectivity index (χ3v) is 5.36. The van der Waals surface area contributed by atoms with E-state index in [0.29, 0.717) is 16.9 Å². The number of aliphatic hydroxyl groups excluding tert-OH is 1. The van der Waals surface area contributed by atoms with Gasteiger partial charge in [-0.15, -0.1) is 0 Å². The zero-order chi connectivity index (χ0) is 28.1. The number of carboxylic acids is 2. The second-order valence-electron chi connectivity index (χ2n) is 8.56. The number of allylic oxidation sites excluding steroid dienone is 1. The van der Waals surface area contributed by atoms with E-state index >= 15 is 0 Å². The number of aliphatic carboxylic acids is 2. The molecule has 11 nitrogen and oxygen atoms in total. The molecule has 0 aliphatic heterocycles. The van der Waals surface area contributed by atoms with Crippen molar-refractivity contribution >= 4 is 41.3 Å². The third kappa shape index (κ3) is 10.1. The van der Waals surface area contributed by atoms with Crippen molar-refractivity contribution in [2.45, 2.75) is 51.6 Å². The van der Waals surface area contributed by atoms with Gasteiger partial charge in [-0.25, -0.2) is 4.79 Å². The molecule has 0 saturated carbocycles. The lowest BCUT2D eigenvalue weighted by atomic mass is 10.1. The molecule has 0 saturated heterocycles. The number of hydrogen-bond acceptors (Lipinski definition) is 7. The molecule has 38 heavy (non-hydrogen) atoms. The van der Waals surface area contributed by atoms with Crippen LogP contribution in [0.25, 0.3) is 0 Å². The first kappa shape index (κ1) is 29.6. The summed E-state index contributed by atoms with van der Waals surface area (Å²) >= 11 is 0. The van der Waals surface area contributed by atoms with Crippen LogP contribution in [0.3, 0.4) is 0 Å². The lowest BCUT2D eigenvalue weighted by molar-refractivity contribution is -0.140. The first-order valence-electron chi connectivity index (χ1n) is 12.0. The minimum atomic E-state index is -1.33. The van der Waals surface area contributed by atoms with Crippen molar-refractivity contribution in [2.75, 3.05) is 5.32 Å². The van der Waals surface area contributed by atoms with Gasteiger partial charge >= 0.3 is 11.9 Å². The van der Waals surface area contributed by atoms with Gasteiger partial charge in [0.25, 0.3) is 11.8 Å². The Hall–Kier alpha value is -4.67. The highest BCUT2D eigenvalue weighted by atomic mass is 16.4. The molecule has 6 N–H and O–H groups in total. The number of hydrogen-bond donors (Lipinski definition) is 6. The number of amides is 2. The Kier molecular flexibility index (Phi) is 11.5. The van der Waals surface area contributed by atoms with Crippen molar-refractivity contribution in [1.82, 2.24) is 10.6 Å². The fourth-order valence-corrected chi connectivity index (χ4v) is 3.33. The van der Waals surface area contributed by atoms with E-state index in [4.69, 9.17) is 10.2 Å². The number of nitrogens with zero attached hydrogens (tertiary/aromatic N) is 1. The van der Waals surface area contributed by atoms with Gasteiger partial charge < -0.3 is 31.3 Å². The van der Waals surface area contributed by atoms with Crippen LogP contribution in [0.4, 0.5) is 11.4 Å². The van der Waals surface area contributed by atoms with E-state index in [1.165, 1.54) is 36.7 Å². The van der Waals surface area contributed by atoms with Gasteiger partial charge in [-0.1, -0.05) is 13.3 Å². The molecule has 0 aliphatic rings. The summed E-state index contributed by atoms with van der Waals surface area (Å²) in [6.45, 7) is 4.02. The lowest BCUT2D eigenvalue weighted by Gasteiger charge is -2.13. The normalized spacial score (nSPS) is 12.9. The lowest BCUT2D eigenvalue weighted by Crippen LogP contribution is -2.41. The highest BCUT2D eigenvalue weighted by molar-refractivity contribution is 5.97. The van der Waals surface area contributed by atoms with Crippen LogP contribution in [0.5, 0.6) is 0 Å². The van der Waals surface area contributed by atoms with Gasteiger partial charge in [-0.3, -0.25) is 19.4 Å². The van der Waals surface area contributed by atoms with E-state index in [1.807, 2.05) is 6.92 Å². The number of rotatable bonds is 14. The molecule has 0 fully saturated rings. The van der Waals surface area contributed by atoms with E-state index in [2.05, 4.69) is 27.9 Å². The van der Waals surface area contributed by atoms with Crippen LogP contribution < -0.4 is 16.0 Å². The van der Waals surface area contributed by atoms with E-state index < -0.39 is 30.3 Å². The van der Waals surface area contributed by atoms with Gasteiger partial charge in [0, 0.05) is 35.5 Å². The fraction of sp³-hybridized carbons (Fsp3) is 0.296. The second kappa shape index (κ2) is 14.8. The van der Waals surface area contributed by atoms with E-state index in [0.717, 1.165) is 12.8 Å². The van der Waals surface area contributed by atoms with Crippen molar-refractivity contribution in [3.8, 4) is 0 Å². The highest BCUT2D eigenvalue weighted by Gasteiger charge is 2.21. The van der Waals surface area contributed by atoms with Crippen LogP contribution in [-0.4, -0.2) is 57.4 Å². The van der Waals surface area contributed by atoms with Gasteiger partial charge in [-0.2, -0.15) is 0 Å². The zero-order valence-corrected chi connectivity index (χ0v) is 21.2. The monoisotopic (exact) mass is 524 g/mol. The van der Waals surface area contributed by atoms with Gasteiger partial charge in [0.15, 0.2) is 0 Å². The molecular formula is C27H32N4O7. The number of aliphatic imine (C=N–C) groups is 1. The maximum Gasteiger partial charge on any atom is 0.326 e. The summed E-state index contributed by atoms with van der Waals surface area (Å²) < 4.78 is 0. The van der Waals surface area contributed by atoms with Crippen LogP contribution in [0, 0.1) is 0 Å². The van der Waals surface area contributed by atoms with Crippen molar-refractivity contribution in [3.63, 3.8) is 0 Å². The first-order chi connectivity index (χ1) is 18.1. The van der Waals surface area contributed by atoms with Crippen molar-refractivity contribution in [2.24, 2.45) is 4.99 Å². The van der Waals surface area contributed by atoms with Gasteiger partial charge in [-0.05, 0) is 68.3 Å². The second-order valence-corrected chi connectivity index (χ2v) is 8.56. The molecule has 0 bridgehead atoms. The summed E-state index contributed by atoms with van der Waals surface area (Å²) in [7, 11) is 0. The summed E-state index contributed by atoms with van der Waals surface area (Å²) in [5.41, 5.74) is 1.78. The fourth-order valence-electron chi connectivity index (χ4n) is 3.33. The van der Waals surface area contributed by atoms with Gasteiger partial charge in [0.2, 0.25) is 0 Å². The van der Waals surface area contributed by atoms with Crippen LogP contribution in [0.2, 0.25) is 0 Å². The predicted molar refractivity (Wildman–Crippen MR) is 143 cm³/mol. The average Bonchev–Trinajstić information content (AvgIpc) is 2.88. The Morgan fingerprint density at radius 2 is 1.45 bits per heavy atom. The number of nitrogens with one attached hydrogen (secondary N) is 3. The number of anilines is 1. The summed E-state index contributed by atoms with van der Waals surface area (Å²) in [5, 5.41) is 36.1. The van der Waals surface area contributed by atoms with Crippen LogP contribution >= 0.6 is 0 Å². The van der Waals surface area contributed by atoms with Crippen LogP contribution in [0.15, 0.2) is 65.5 Å². The molecule has 2 atom stereocenters. The number of carboxylic acid groups (broad SMARTS) is 2. The summed E-state index contributed by atoms with van der Waals surface area (Å²) in [6, 6.07) is 11.4. The van der Waals surface area contributed by atoms with Gasteiger partial charge in [0.1, 0.15) is 11.8 Å². The van der Waals surface area contributed by atoms with Crippen molar-refractivity contribution in [3.05, 3.63) is 71.6 Å². The Bertz CT molecular complexity index is 1170. The SMILES string of the molecule is CCC[C@H](C)NC(=O)c1ccc(NC=C(O)C=Nc2ccc(C(=O)N[C@@H](CCC(=O)O)C(=O)O)cc2)cc1. The quantitative estimate of drug-likeness (QED) is 0.159. The Morgan fingerprint density at radius 1 is 0.868 bits per heavy atom. The maximum absolute atomic E-state index is 12.3. The average molecular weight is 525 g/mol. The summed E-state index contributed by atoms with van der Waals surface area (Å²) in [5.74, 6) is -3.47. The number of carbonyl (C=O) groups is 4. The Labute approximate surface area is 220 Å². The summed E-state index contributed by atoms with van der Waals surface area (Å²) in [4.78, 5) is 50.6. The highest BCUT2D eigenvalue weighted by Crippen LogP contribution is 2.14. The third-order valence-electron chi connectivity index (χ3n) is 5.36. The molecule has 2 aromatic carbocycles. The molecule has 0 aromatic heterocycles. The van der Waals surface area contributed by atoms with Gasteiger partial charge in [0.05, 0.1) is 11.9 Å². The van der Waals surface area contributed by atoms with Crippen molar-refractivity contribution in [1.29, 1.82) is 0 Å². The molecule has 0 unspecified atom stereocenters. The molecule has 0 radical (unpaired) electrons. The molecule has 2 rings (SSSR count). The largest absolute Gasteiger partial charge is 0.505 e. The molecule has 0 heterocycles. The predicted octanol–water partition coefficient (Wildman–Crippen LogP) is 3.87. The molecule has 0 spiro atoms. The topological polar surface area (TPSA) is 177 Å². The first-order valence-corrected chi connectivity index (χ1v) is 12.0.